The molecule has 0 N–H and O–H groups in total. The van der Waals surface area contributed by atoms with Crippen molar-refractivity contribution in [2.24, 2.45) is 0 Å². The third kappa shape index (κ3) is 3.27. The molecule has 0 atom stereocenters. The molecule has 0 saturated carbocycles. The molecule has 1 aromatic carbocycles. The monoisotopic (exact) mass is 239 g/mol. The van der Waals surface area contributed by atoms with Gasteiger partial charge in [0, 0.05) is 12.6 Å². The highest BCUT2D eigenvalue weighted by Gasteiger charge is 2.19. The molecule has 1 aromatic rings. The van der Waals surface area contributed by atoms with E-state index in [4.69, 9.17) is 4.84 Å². The van der Waals surface area contributed by atoms with Gasteiger partial charge in [-0.05, 0) is 29.2 Å². The summed E-state index contributed by atoms with van der Waals surface area (Å²) in [5.41, 5.74) is 0.868. The van der Waals surface area contributed by atoms with Crippen LogP contribution < -0.4 is 0 Å². The Balaban J connectivity index is 3.19. The third-order valence-corrected chi connectivity index (χ3v) is 2.57. The van der Waals surface area contributed by atoms with Crippen molar-refractivity contribution in [3.8, 4) is 0 Å². The SMILES string of the molecule is CON(C)C(=O)c1cc(F)cc(C(C)(C)C)c1. The standard InChI is InChI=1S/C13H18FNO2/c1-13(2,3)10-6-9(7-11(14)8-10)12(16)15(4)17-5/h6-8H,1-5H3. The van der Waals surface area contributed by atoms with Crippen LogP contribution in [0.4, 0.5) is 4.39 Å². The first-order valence-corrected chi connectivity index (χ1v) is 5.39. The molecule has 0 fully saturated rings. The molecule has 0 radical (unpaired) electrons. The minimum atomic E-state index is -0.412. The van der Waals surface area contributed by atoms with Crippen molar-refractivity contribution in [3.63, 3.8) is 0 Å². The summed E-state index contributed by atoms with van der Waals surface area (Å²) in [6.07, 6.45) is 0. The maximum atomic E-state index is 13.5. The number of halogens is 1. The first kappa shape index (κ1) is 13.6. The minimum Gasteiger partial charge on any atom is -0.274 e. The number of benzene rings is 1. The molecule has 0 unspecified atom stereocenters. The minimum absolute atomic E-state index is 0.206. The highest BCUT2D eigenvalue weighted by Crippen LogP contribution is 2.24. The van der Waals surface area contributed by atoms with Crippen LogP contribution in [0.15, 0.2) is 18.2 Å². The zero-order valence-corrected chi connectivity index (χ0v) is 10.9. The predicted molar refractivity (Wildman–Crippen MR) is 64.2 cm³/mol. The first-order valence-electron chi connectivity index (χ1n) is 5.39. The van der Waals surface area contributed by atoms with E-state index in [2.05, 4.69) is 0 Å². The maximum Gasteiger partial charge on any atom is 0.277 e. The molecule has 0 heterocycles. The smallest absolute Gasteiger partial charge is 0.274 e. The van der Waals surface area contributed by atoms with E-state index in [0.29, 0.717) is 5.56 Å². The summed E-state index contributed by atoms with van der Waals surface area (Å²) in [5.74, 6) is -0.775. The van der Waals surface area contributed by atoms with E-state index >= 15 is 0 Å². The van der Waals surface area contributed by atoms with E-state index in [9.17, 15) is 9.18 Å². The molecule has 3 nitrogen and oxygen atoms in total. The average molecular weight is 239 g/mol. The van der Waals surface area contributed by atoms with Gasteiger partial charge < -0.3 is 0 Å². The first-order chi connectivity index (χ1) is 7.75. The van der Waals surface area contributed by atoms with Crippen LogP contribution in [-0.4, -0.2) is 25.1 Å². The number of hydrogen-bond acceptors (Lipinski definition) is 2. The van der Waals surface area contributed by atoms with Crippen molar-refractivity contribution < 1.29 is 14.0 Å². The zero-order chi connectivity index (χ0) is 13.2. The topological polar surface area (TPSA) is 29.5 Å². The Morgan fingerprint density at radius 2 is 1.88 bits per heavy atom. The van der Waals surface area contributed by atoms with Crippen LogP contribution in [0.1, 0.15) is 36.7 Å². The number of carbonyl (C=O) groups excluding carboxylic acids is 1. The van der Waals surface area contributed by atoms with Gasteiger partial charge in [0.05, 0.1) is 7.11 Å². The van der Waals surface area contributed by atoms with Crippen LogP contribution in [0.25, 0.3) is 0 Å². The molecule has 17 heavy (non-hydrogen) atoms. The molecular weight excluding hydrogens is 221 g/mol. The summed E-state index contributed by atoms with van der Waals surface area (Å²) in [6.45, 7) is 5.90. The van der Waals surface area contributed by atoms with E-state index < -0.39 is 5.82 Å². The van der Waals surface area contributed by atoms with Crippen LogP contribution >= 0.6 is 0 Å². The van der Waals surface area contributed by atoms with Gasteiger partial charge in [-0.15, -0.1) is 0 Å². The Labute approximate surface area is 101 Å². The lowest BCUT2D eigenvalue weighted by Crippen LogP contribution is -2.26. The molecule has 94 valence electrons. The molecule has 0 aliphatic carbocycles. The van der Waals surface area contributed by atoms with Gasteiger partial charge in [0.1, 0.15) is 5.82 Å². The van der Waals surface area contributed by atoms with Crippen molar-refractivity contribution in [1.82, 2.24) is 5.06 Å². The maximum absolute atomic E-state index is 13.5. The van der Waals surface area contributed by atoms with Crippen LogP contribution in [0.5, 0.6) is 0 Å². The van der Waals surface area contributed by atoms with Crippen LogP contribution in [0.2, 0.25) is 0 Å². The Hall–Kier alpha value is -1.42. The second kappa shape index (κ2) is 4.84. The van der Waals surface area contributed by atoms with Crippen molar-refractivity contribution in [3.05, 3.63) is 35.1 Å². The van der Waals surface area contributed by atoms with Crippen LogP contribution in [0, 0.1) is 5.82 Å². The fourth-order valence-electron chi connectivity index (χ4n) is 1.41. The second-order valence-corrected chi connectivity index (χ2v) is 4.96. The largest absolute Gasteiger partial charge is 0.277 e. The predicted octanol–water partition coefficient (Wildman–Crippen LogP) is 2.76. The summed E-state index contributed by atoms with van der Waals surface area (Å²) < 4.78 is 13.5. The highest BCUT2D eigenvalue weighted by atomic mass is 19.1. The number of hydroxylamine groups is 2. The number of carbonyl (C=O) groups is 1. The normalized spacial score (nSPS) is 11.4. The number of nitrogens with zero attached hydrogens (tertiary/aromatic N) is 1. The highest BCUT2D eigenvalue weighted by molar-refractivity contribution is 5.93. The summed E-state index contributed by atoms with van der Waals surface area (Å²) >= 11 is 0. The van der Waals surface area contributed by atoms with Gasteiger partial charge in [-0.2, -0.15) is 0 Å². The summed E-state index contributed by atoms with van der Waals surface area (Å²) in [5, 5.41) is 1.07. The Kier molecular flexibility index (Phi) is 3.88. The van der Waals surface area contributed by atoms with Crippen molar-refractivity contribution in [2.75, 3.05) is 14.2 Å². The molecule has 4 heteroatoms. The Morgan fingerprint density at radius 3 is 2.35 bits per heavy atom. The fourth-order valence-corrected chi connectivity index (χ4v) is 1.41. The summed E-state index contributed by atoms with van der Waals surface area (Å²) in [6, 6.07) is 4.36. The second-order valence-electron chi connectivity index (χ2n) is 4.96. The van der Waals surface area contributed by atoms with Crippen LogP contribution in [0.3, 0.4) is 0 Å². The van der Waals surface area contributed by atoms with E-state index in [0.717, 1.165) is 10.6 Å². The van der Waals surface area contributed by atoms with E-state index in [-0.39, 0.29) is 11.3 Å². The van der Waals surface area contributed by atoms with Crippen molar-refractivity contribution >= 4 is 5.91 Å². The summed E-state index contributed by atoms with van der Waals surface area (Å²) in [4.78, 5) is 16.6. The lowest BCUT2D eigenvalue weighted by Gasteiger charge is -2.21. The number of rotatable bonds is 2. The molecule has 0 saturated heterocycles. The van der Waals surface area contributed by atoms with Crippen molar-refractivity contribution in [2.45, 2.75) is 26.2 Å². The van der Waals surface area contributed by atoms with Crippen molar-refractivity contribution in [1.29, 1.82) is 0 Å². The zero-order valence-electron chi connectivity index (χ0n) is 10.9. The lowest BCUT2D eigenvalue weighted by molar-refractivity contribution is -0.0757. The lowest BCUT2D eigenvalue weighted by atomic mass is 9.86. The molecule has 1 amide bonds. The Morgan fingerprint density at radius 1 is 1.29 bits per heavy atom. The average Bonchev–Trinajstić information content (AvgIpc) is 2.25. The van der Waals surface area contributed by atoms with Gasteiger partial charge in [0.2, 0.25) is 0 Å². The molecule has 0 aliphatic heterocycles. The summed E-state index contributed by atoms with van der Waals surface area (Å²) in [7, 11) is 2.88. The van der Waals surface area contributed by atoms with Gasteiger partial charge in [-0.3, -0.25) is 9.63 Å². The quantitative estimate of drug-likeness (QED) is 0.743. The van der Waals surface area contributed by atoms with Gasteiger partial charge in [-0.25, -0.2) is 9.45 Å². The van der Waals surface area contributed by atoms with Crippen LogP contribution in [-0.2, 0) is 10.3 Å². The fraction of sp³-hybridized carbons (Fsp3) is 0.462. The molecule has 1 rings (SSSR count). The molecule has 0 aromatic heterocycles. The van der Waals surface area contributed by atoms with Gasteiger partial charge >= 0.3 is 0 Å². The van der Waals surface area contributed by atoms with Gasteiger partial charge in [0.25, 0.3) is 5.91 Å². The van der Waals surface area contributed by atoms with Gasteiger partial charge in [-0.1, -0.05) is 20.8 Å². The van der Waals surface area contributed by atoms with E-state index in [1.807, 2.05) is 20.8 Å². The van der Waals surface area contributed by atoms with E-state index in [1.165, 1.54) is 26.3 Å². The number of hydrogen-bond donors (Lipinski definition) is 0. The van der Waals surface area contributed by atoms with Gasteiger partial charge in [0.15, 0.2) is 0 Å². The molecule has 0 bridgehead atoms. The molecular formula is C13H18FNO2. The van der Waals surface area contributed by atoms with E-state index in [1.54, 1.807) is 6.07 Å². The molecule has 0 aliphatic rings. The third-order valence-electron chi connectivity index (χ3n) is 2.57. The Bertz CT molecular complexity index is 424. The molecule has 0 spiro atoms. The number of amides is 1.